The number of nitrogens with two attached hydrogens (primary N) is 1. The third-order valence-electron chi connectivity index (χ3n) is 2.11. The van der Waals surface area contributed by atoms with Crippen molar-refractivity contribution in [2.24, 2.45) is 5.90 Å². The maximum absolute atomic E-state index is 9.64. The van der Waals surface area contributed by atoms with Crippen LogP contribution in [-0.2, 0) is 4.84 Å². The van der Waals surface area contributed by atoms with Crippen LogP contribution in [0.2, 0.25) is 0 Å². The molecule has 0 fully saturated rings. The summed E-state index contributed by atoms with van der Waals surface area (Å²) >= 11 is 0. The molecule has 1 rings (SSSR count). The fourth-order valence-electron chi connectivity index (χ4n) is 1.30. The van der Waals surface area contributed by atoms with Gasteiger partial charge in [-0.3, -0.25) is 0 Å². The lowest BCUT2D eigenvalue weighted by molar-refractivity contribution is 0.126. The van der Waals surface area contributed by atoms with Crippen LogP contribution in [0.4, 0.5) is 0 Å². The largest absolute Gasteiger partial charge is 0.508 e. The standard InChI is InChI=1S/C10H15NO3/c1-7(6-14-11)9-4-3-8(13-2)5-10(9)12/h3-5,7,12H,6,11H2,1-2H3. The summed E-state index contributed by atoms with van der Waals surface area (Å²) in [5.41, 5.74) is 0.802. The third kappa shape index (κ3) is 2.37. The molecule has 0 aliphatic carbocycles. The van der Waals surface area contributed by atoms with Crippen molar-refractivity contribution in [1.82, 2.24) is 0 Å². The molecule has 0 radical (unpaired) electrons. The van der Waals surface area contributed by atoms with E-state index in [0.29, 0.717) is 12.4 Å². The molecule has 1 unspecified atom stereocenters. The van der Waals surface area contributed by atoms with E-state index in [1.165, 1.54) is 0 Å². The molecule has 0 aromatic heterocycles. The SMILES string of the molecule is COc1ccc(C(C)CON)c(O)c1. The van der Waals surface area contributed by atoms with Crippen LogP contribution in [0.5, 0.6) is 11.5 Å². The topological polar surface area (TPSA) is 64.7 Å². The van der Waals surface area contributed by atoms with Gasteiger partial charge in [-0.05, 0) is 11.6 Å². The van der Waals surface area contributed by atoms with Crippen LogP contribution in [0, 0.1) is 0 Å². The summed E-state index contributed by atoms with van der Waals surface area (Å²) in [6.45, 7) is 2.30. The molecule has 0 saturated carbocycles. The van der Waals surface area contributed by atoms with Crippen molar-refractivity contribution in [3.05, 3.63) is 23.8 Å². The smallest absolute Gasteiger partial charge is 0.122 e. The zero-order valence-corrected chi connectivity index (χ0v) is 8.36. The highest BCUT2D eigenvalue weighted by Crippen LogP contribution is 2.29. The van der Waals surface area contributed by atoms with Gasteiger partial charge >= 0.3 is 0 Å². The van der Waals surface area contributed by atoms with Crippen molar-refractivity contribution in [2.45, 2.75) is 12.8 Å². The van der Waals surface area contributed by atoms with Crippen molar-refractivity contribution in [1.29, 1.82) is 0 Å². The summed E-state index contributed by atoms with van der Waals surface area (Å²) in [5, 5.41) is 9.64. The number of phenols is 1. The first kappa shape index (κ1) is 10.8. The molecule has 0 aliphatic heterocycles. The summed E-state index contributed by atoms with van der Waals surface area (Å²) in [7, 11) is 1.56. The molecule has 0 amide bonds. The van der Waals surface area contributed by atoms with Gasteiger partial charge in [0.1, 0.15) is 11.5 Å². The lowest BCUT2D eigenvalue weighted by atomic mass is 10.0. The average Bonchev–Trinajstić information content (AvgIpc) is 2.17. The van der Waals surface area contributed by atoms with E-state index in [9.17, 15) is 5.11 Å². The van der Waals surface area contributed by atoms with Crippen LogP contribution >= 0.6 is 0 Å². The van der Waals surface area contributed by atoms with Crippen molar-refractivity contribution in [3.63, 3.8) is 0 Å². The highest BCUT2D eigenvalue weighted by atomic mass is 16.6. The fraction of sp³-hybridized carbons (Fsp3) is 0.400. The summed E-state index contributed by atoms with van der Waals surface area (Å²) < 4.78 is 4.97. The number of rotatable bonds is 4. The first-order valence-electron chi connectivity index (χ1n) is 4.37. The Morgan fingerprint density at radius 1 is 1.50 bits per heavy atom. The summed E-state index contributed by atoms with van der Waals surface area (Å²) in [6, 6.07) is 5.17. The predicted molar refractivity (Wildman–Crippen MR) is 53.2 cm³/mol. The molecule has 78 valence electrons. The van der Waals surface area contributed by atoms with E-state index in [4.69, 9.17) is 10.6 Å². The van der Waals surface area contributed by atoms with Gasteiger partial charge in [0.05, 0.1) is 13.7 Å². The lowest BCUT2D eigenvalue weighted by Gasteiger charge is -2.12. The Bertz CT molecular complexity index is 301. The van der Waals surface area contributed by atoms with Gasteiger partial charge in [-0.25, -0.2) is 5.90 Å². The third-order valence-corrected chi connectivity index (χ3v) is 2.11. The van der Waals surface area contributed by atoms with Gasteiger partial charge in [0.2, 0.25) is 0 Å². The Morgan fingerprint density at radius 2 is 2.21 bits per heavy atom. The Balaban J connectivity index is 2.88. The van der Waals surface area contributed by atoms with E-state index in [-0.39, 0.29) is 11.7 Å². The van der Waals surface area contributed by atoms with Crippen LogP contribution in [0.1, 0.15) is 18.4 Å². The average molecular weight is 197 g/mol. The van der Waals surface area contributed by atoms with Crippen molar-refractivity contribution >= 4 is 0 Å². The van der Waals surface area contributed by atoms with Crippen LogP contribution < -0.4 is 10.6 Å². The fourth-order valence-corrected chi connectivity index (χ4v) is 1.30. The Labute approximate surface area is 83.2 Å². The van der Waals surface area contributed by atoms with Crippen LogP contribution in [0.25, 0.3) is 0 Å². The normalized spacial score (nSPS) is 12.5. The lowest BCUT2D eigenvalue weighted by Crippen LogP contribution is -2.08. The monoisotopic (exact) mass is 197 g/mol. The summed E-state index contributed by atoms with van der Waals surface area (Å²) in [5.74, 6) is 5.86. The molecule has 4 heteroatoms. The van der Waals surface area contributed by atoms with Crippen LogP contribution in [0.3, 0.4) is 0 Å². The number of aromatic hydroxyl groups is 1. The molecule has 0 aliphatic rings. The van der Waals surface area contributed by atoms with Crippen molar-refractivity contribution < 1.29 is 14.7 Å². The van der Waals surface area contributed by atoms with E-state index in [1.807, 2.05) is 6.92 Å². The maximum Gasteiger partial charge on any atom is 0.122 e. The zero-order chi connectivity index (χ0) is 10.6. The molecule has 0 saturated heterocycles. The molecule has 1 atom stereocenters. The molecule has 0 heterocycles. The second-order valence-electron chi connectivity index (χ2n) is 3.16. The van der Waals surface area contributed by atoms with E-state index in [0.717, 1.165) is 5.56 Å². The quantitative estimate of drug-likeness (QED) is 0.716. The molecule has 1 aromatic carbocycles. The summed E-state index contributed by atoms with van der Waals surface area (Å²) in [6.07, 6.45) is 0. The predicted octanol–water partition coefficient (Wildman–Crippen LogP) is 1.39. The number of methoxy groups -OCH3 is 1. The zero-order valence-electron chi connectivity index (χ0n) is 8.36. The number of phenolic OH excluding ortho intramolecular Hbond substituents is 1. The van der Waals surface area contributed by atoms with Gasteiger partial charge in [-0.1, -0.05) is 13.0 Å². The molecule has 0 bridgehead atoms. The van der Waals surface area contributed by atoms with Gasteiger partial charge < -0.3 is 14.7 Å². The first-order chi connectivity index (χ1) is 6.69. The number of ether oxygens (including phenoxy) is 1. The highest BCUT2D eigenvalue weighted by molar-refractivity contribution is 5.41. The molecule has 14 heavy (non-hydrogen) atoms. The number of hydrogen-bond donors (Lipinski definition) is 2. The minimum atomic E-state index is 0.0610. The van der Waals surface area contributed by atoms with Crippen molar-refractivity contribution in [2.75, 3.05) is 13.7 Å². The van der Waals surface area contributed by atoms with E-state index >= 15 is 0 Å². The Kier molecular flexibility index (Phi) is 3.73. The van der Waals surface area contributed by atoms with Gasteiger partial charge in [0, 0.05) is 12.0 Å². The summed E-state index contributed by atoms with van der Waals surface area (Å²) in [4.78, 5) is 4.53. The van der Waals surface area contributed by atoms with E-state index in [1.54, 1.807) is 25.3 Å². The minimum Gasteiger partial charge on any atom is -0.508 e. The first-order valence-corrected chi connectivity index (χ1v) is 4.37. The van der Waals surface area contributed by atoms with E-state index in [2.05, 4.69) is 4.84 Å². The van der Waals surface area contributed by atoms with Gasteiger partial charge in [-0.15, -0.1) is 0 Å². The maximum atomic E-state index is 9.64. The molecule has 1 aromatic rings. The molecule has 0 spiro atoms. The second-order valence-corrected chi connectivity index (χ2v) is 3.16. The van der Waals surface area contributed by atoms with Gasteiger partial charge in [0.15, 0.2) is 0 Å². The van der Waals surface area contributed by atoms with Gasteiger partial charge in [0.25, 0.3) is 0 Å². The van der Waals surface area contributed by atoms with Crippen LogP contribution in [0.15, 0.2) is 18.2 Å². The molecule has 4 nitrogen and oxygen atoms in total. The Hall–Kier alpha value is -1.26. The minimum absolute atomic E-state index is 0.0610. The number of benzene rings is 1. The van der Waals surface area contributed by atoms with Gasteiger partial charge in [-0.2, -0.15) is 0 Å². The number of hydrogen-bond acceptors (Lipinski definition) is 4. The highest BCUT2D eigenvalue weighted by Gasteiger charge is 2.10. The van der Waals surface area contributed by atoms with E-state index < -0.39 is 0 Å². The van der Waals surface area contributed by atoms with Crippen LogP contribution in [-0.4, -0.2) is 18.8 Å². The molecule has 3 N–H and O–H groups in total. The second kappa shape index (κ2) is 4.83. The van der Waals surface area contributed by atoms with Crippen molar-refractivity contribution in [3.8, 4) is 11.5 Å². The molecular weight excluding hydrogens is 182 g/mol. The Morgan fingerprint density at radius 3 is 2.71 bits per heavy atom. The molecular formula is C10H15NO3.